The molecule has 0 radical (unpaired) electrons. The van der Waals surface area contributed by atoms with Crippen molar-refractivity contribution in [1.29, 1.82) is 0 Å². The maximum Gasteiger partial charge on any atom is 0.311 e. The van der Waals surface area contributed by atoms with Crippen LogP contribution in [0, 0.1) is 28.6 Å². The van der Waals surface area contributed by atoms with E-state index >= 15 is 0 Å². The zero-order valence-corrected chi connectivity index (χ0v) is 15.4. The first-order valence-corrected chi connectivity index (χ1v) is 9.32. The number of carbonyl (C=O) groups is 1. The summed E-state index contributed by atoms with van der Waals surface area (Å²) in [5.74, 6) is 1.68. The van der Waals surface area contributed by atoms with Crippen molar-refractivity contribution in [2.24, 2.45) is 28.6 Å². The van der Waals surface area contributed by atoms with Crippen LogP contribution in [0.1, 0.15) is 66.2 Å². The largest absolute Gasteiger partial charge is 0.469 e. The zero-order valence-electron chi connectivity index (χ0n) is 15.4. The summed E-state index contributed by atoms with van der Waals surface area (Å²) in [7, 11) is 1.54. The van der Waals surface area contributed by atoms with Crippen LogP contribution in [0.4, 0.5) is 0 Å². The molecule has 0 N–H and O–H groups in total. The summed E-state index contributed by atoms with van der Waals surface area (Å²) in [6, 6.07) is 0. The van der Waals surface area contributed by atoms with Crippen LogP contribution in [0.15, 0.2) is 23.3 Å². The van der Waals surface area contributed by atoms with Crippen molar-refractivity contribution in [3.63, 3.8) is 0 Å². The molecule has 0 heterocycles. The van der Waals surface area contributed by atoms with E-state index in [1.165, 1.54) is 19.3 Å². The summed E-state index contributed by atoms with van der Waals surface area (Å²) in [5.41, 5.74) is 3.07. The van der Waals surface area contributed by atoms with Crippen LogP contribution in [0.3, 0.4) is 0 Å². The maximum absolute atomic E-state index is 12.5. The van der Waals surface area contributed by atoms with Gasteiger partial charge < -0.3 is 4.74 Å². The number of ether oxygens (including phenoxy) is 1. The summed E-state index contributed by atoms with van der Waals surface area (Å²) < 4.78 is 5.20. The number of carbonyl (C=O) groups excluding carboxylic acids is 1. The molecule has 0 bridgehead atoms. The van der Waals surface area contributed by atoms with Crippen molar-refractivity contribution in [1.82, 2.24) is 0 Å². The SMILES string of the molecule is COC(=O)[C@]1(C)CCC[C@@]2(C)[C@H]1CC=C1C=C(C(C)C)CC[C@@H]12. The summed E-state index contributed by atoms with van der Waals surface area (Å²) in [4.78, 5) is 12.5. The molecule has 2 heteroatoms. The average Bonchev–Trinajstić information content (AvgIpc) is 2.53. The minimum atomic E-state index is -0.314. The van der Waals surface area contributed by atoms with Crippen LogP contribution in [-0.2, 0) is 9.53 Å². The fourth-order valence-corrected chi connectivity index (χ4v) is 5.82. The summed E-state index contributed by atoms with van der Waals surface area (Å²) in [5, 5.41) is 0. The molecule has 1 saturated carbocycles. The van der Waals surface area contributed by atoms with Crippen LogP contribution >= 0.6 is 0 Å². The van der Waals surface area contributed by atoms with Crippen molar-refractivity contribution in [3.05, 3.63) is 23.3 Å². The third-order valence-corrected chi connectivity index (χ3v) is 7.23. The molecule has 3 aliphatic rings. The van der Waals surface area contributed by atoms with Gasteiger partial charge in [0.15, 0.2) is 0 Å². The molecule has 2 nitrogen and oxygen atoms in total. The second kappa shape index (κ2) is 5.79. The van der Waals surface area contributed by atoms with E-state index < -0.39 is 0 Å². The number of fused-ring (bicyclic) bond motifs is 3. The number of allylic oxidation sites excluding steroid dienone is 4. The molecule has 23 heavy (non-hydrogen) atoms. The van der Waals surface area contributed by atoms with Crippen LogP contribution in [0.5, 0.6) is 0 Å². The van der Waals surface area contributed by atoms with Crippen LogP contribution in [0.2, 0.25) is 0 Å². The standard InChI is InChI=1S/C21H32O2/c1-14(2)15-7-9-17-16(13-15)8-10-18-20(17,3)11-6-12-21(18,4)19(22)23-5/h8,13-14,17-18H,6-7,9-12H2,1-5H3/t17-,18+,20+,21+/m0/s1. The van der Waals surface area contributed by atoms with E-state index in [-0.39, 0.29) is 16.8 Å². The van der Waals surface area contributed by atoms with Crippen molar-refractivity contribution in [2.45, 2.75) is 66.2 Å². The van der Waals surface area contributed by atoms with E-state index in [0.717, 1.165) is 19.3 Å². The van der Waals surface area contributed by atoms with Crippen LogP contribution in [-0.4, -0.2) is 13.1 Å². The van der Waals surface area contributed by atoms with Gasteiger partial charge in [-0.05, 0) is 67.8 Å². The average molecular weight is 316 g/mol. The number of rotatable bonds is 2. The lowest BCUT2D eigenvalue weighted by molar-refractivity contribution is -0.166. The normalized spacial score (nSPS) is 39.9. The van der Waals surface area contributed by atoms with Gasteiger partial charge >= 0.3 is 5.97 Å². The highest BCUT2D eigenvalue weighted by Gasteiger charge is 2.57. The van der Waals surface area contributed by atoms with E-state index in [0.29, 0.717) is 17.8 Å². The van der Waals surface area contributed by atoms with Gasteiger partial charge in [0, 0.05) is 0 Å². The molecular formula is C21H32O2. The Balaban J connectivity index is 1.99. The van der Waals surface area contributed by atoms with Gasteiger partial charge in [0.05, 0.1) is 12.5 Å². The van der Waals surface area contributed by atoms with Gasteiger partial charge in [-0.25, -0.2) is 0 Å². The lowest BCUT2D eigenvalue weighted by atomic mass is 9.47. The third-order valence-electron chi connectivity index (χ3n) is 7.23. The molecule has 0 spiro atoms. The lowest BCUT2D eigenvalue weighted by Crippen LogP contribution is -2.53. The molecule has 128 valence electrons. The quantitative estimate of drug-likeness (QED) is 0.647. The molecule has 3 aliphatic carbocycles. The van der Waals surface area contributed by atoms with Gasteiger partial charge in [-0.1, -0.05) is 44.9 Å². The number of hydrogen-bond donors (Lipinski definition) is 0. The number of methoxy groups -OCH3 is 1. The Kier molecular flexibility index (Phi) is 4.23. The van der Waals surface area contributed by atoms with Gasteiger partial charge in [-0.3, -0.25) is 4.79 Å². The Hall–Kier alpha value is -1.05. The molecule has 0 saturated heterocycles. The molecule has 0 amide bonds. The van der Waals surface area contributed by atoms with E-state index in [1.54, 1.807) is 18.3 Å². The Morgan fingerprint density at radius 1 is 1.30 bits per heavy atom. The van der Waals surface area contributed by atoms with Crippen LogP contribution < -0.4 is 0 Å². The van der Waals surface area contributed by atoms with Crippen molar-refractivity contribution >= 4 is 5.97 Å². The highest BCUT2D eigenvalue weighted by molar-refractivity contribution is 5.77. The first-order chi connectivity index (χ1) is 10.8. The Bertz CT molecular complexity index is 556. The number of esters is 1. The van der Waals surface area contributed by atoms with Gasteiger partial charge in [-0.15, -0.1) is 0 Å². The van der Waals surface area contributed by atoms with Crippen LogP contribution in [0.25, 0.3) is 0 Å². The van der Waals surface area contributed by atoms with E-state index in [2.05, 4.69) is 39.8 Å². The van der Waals surface area contributed by atoms with E-state index in [9.17, 15) is 4.79 Å². The summed E-state index contributed by atoms with van der Waals surface area (Å²) >= 11 is 0. The third kappa shape index (κ3) is 2.49. The first-order valence-electron chi connectivity index (χ1n) is 9.32. The van der Waals surface area contributed by atoms with Gasteiger partial charge in [0.25, 0.3) is 0 Å². The van der Waals surface area contributed by atoms with E-state index in [1.807, 2.05) is 0 Å². The highest BCUT2D eigenvalue weighted by Crippen LogP contribution is 2.62. The minimum absolute atomic E-state index is 0.000467. The second-order valence-corrected chi connectivity index (χ2v) is 8.73. The first kappa shape index (κ1) is 16.8. The topological polar surface area (TPSA) is 26.3 Å². The monoisotopic (exact) mass is 316 g/mol. The Morgan fingerprint density at radius 3 is 2.70 bits per heavy atom. The van der Waals surface area contributed by atoms with Gasteiger partial charge in [0.1, 0.15) is 0 Å². The van der Waals surface area contributed by atoms with Gasteiger partial charge in [0.2, 0.25) is 0 Å². The highest BCUT2D eigenvalue weighted by atomic mass is 16.5. The van der Waals surface area contributed by atoms with Gasteiger partial charge in [-0.2, -0.15) is 0 Å². The van der Waals surface area contributed by atoms with Crippen molar-refractivity contribution in [2.75, 3.05) is 7.11 Å². The Morgan fingerprint density at radius 2 is 2.04 bits per heavy atom. The molecule has 1 fully saturated rings. The predicted octanol–water partition coefficient (Wildman–Crippen LogP) is 5.29. The van der Waals surface area contributed by atoms with Crippen molar-refractivity contribution < 1.29 is 9.53 Å². The smallest absolute Gasteiger partial charge is 0.311 e. The molecule has 0 aliphatic heterocycles. The second-order valence-electron chi connectivity index (χ2n) is 8.73. The predicted molar refractivity (Wildman–Crippen MR) is 93.9 cm³/mol. The van der Waals surface area contributed by atoms with Crippen molar-refractivity contribution in [3.8, 4) is 0 Å². The minimum Gasteiger partial charge on any atom is -0.469 e. The zero-order chi connectivity index (χ0) is 16.8. The van der Waals surface area contributed by atoms with E-state index in [4.69, 9.17) is 4.74 Å². The fourth-order valence-electron chi connectivity index (χ4n) is 5.82. The molecule has 0 aromatic heterocycles. The Labute approximate surface area is 141 Å². The molecule has 0 aromatic rings. The molecular weight excluding hydrogens is 284 g/mol. The molecule has 3 rings (SSSR count). The lowest BCUT2D eigenvalue weighted by Gasteiger charge is -2.57. The summed E-state index contributed by atoms with van der Waals surface area (Å²) in [6.07, 6.45) is 11.8. The fraction of sp³-hybridized carbons (Fsp3) is 0.762. The maximum atomic E-state index is 12.5. The summed E-state index contributed by atoms with van der Waals surface area (Å²) in [6.45, 7) is 9.20. The molecule has 0 aromatic carbocycles. The number of hydrogen-bond acceptors (Lipinski definition) is 2. The molecule has 4 atom stereocenters. The molecule has 0 unspecified atom stereocenters.